The van der Waals surface area contributed by atoms with Crippen molar-refractivity contribution in [1.82, 2.24) is 5.32 Å². The normalized spacial score (nSPS) is 14.4. The SMILES string of the molecule is CCCCCCC/C=C\C/C=C\CCCCCCCCCCCCCCCCCCCC(=O)NC(COP(=O)([O-])OCC[N+](C)(C)C)C(O)/C=C/CC/C=C/CC/C=C/CCCCCCCCC. The van der Waals surface area contributed by atoms with Crippen molar-refractivity contribution in [1.29, 1.82) is 0 Å². The molecule has 9 heteroatoms. The summed E-state index contributed by atoms with van der Waals surface area (Å²) < 4.78 is 23.3. The van der Waals surface area contributed by atoms with Gasteiger partial charge in [-0.05, 0) is 77.0 Å². The third kappa shape index (κ3) is 52.0. The van der Waals surface area contributed by atoms with E-state index in [1.807, 2.05) is 27.2 Å². The van der Waals surface area contributed by atoms with Crippen LogP contribution in [-0.2, 0) is 18.4 Å². The highest BCUT2D eigenvalue weighted by Crippen LogP contribution is 2.38. The summed E-state index contributed by atoms with van der Waals surface area (Å²) in [5.74, 6) is -0.210. The molecular formula is C59H111N2O6P. The number of allylic oxidation sites excluding steroid dienone is 9. The number of quaternary nitrogens is 1. The number of phosphoric acid groups is 1. The van der Waals surface area contributed by atoms with Gasteiger partial charge in [0.2, 0.25) is 5.91 Å². The number of carbonyl (C=O) groups is 1. The van der Waals surface area contributed by atoms with Crippen molar-refractivity contribution in [2.24, 2.45) is 0 Å². The number of aliphatic hydroxyl groups is 1. The zero-order chi connectivity index (χ0) is 49.9. The van der Waals surface area contributed by atoms with Crippen LogP contribution in [0.5, 0.6) is 0 Å². The van der Waals surface area contributed by atoms with Gasteiger partial charge in [-0.1, -0.05) is 235 Å². The molecule has 2 N–H and O–H groups in total. The van der Waals surface area contributed by atoms with Crippen LogP contribution in [0.15, 0.2) is 60.8 Å². The molecule has 0 aromatic carbocycles. The number of unbranched alkanes of at least 4 members (excludes halogenated alkanes) is 31. The fraction of sp³-hybridized carbons (Fsp3) is 0.814. The fourth-order valence-electron chi connectivity index (χ4n) is 8.16. The summed E-state index contributed by atoms with van der Waals surface area (Å²) in [7, 11) is 1.24. The third-order valence-electron chi connectivity index (χ3n) is 12.7. The lowest BCUT2D eigenvalue weighted by Crippen LogP contribution is -2.45. The highest BCUT2D eigenvalue weighted by Gasteiger charge is 2.23. The molecule has 1 amide bonds. The number of aliphatic hydroxyl groups excluding tert-OH is 1. The highest BCUT2D eigenvalue weighted by molar-refractivity contribution is 7.45. The monoisotopic (exact) mass is 975 g/mol. The summed E-state index contributed by atoms with van der Waals surface area (Å²) in [5.41, 5.74) is 0. The smallest absolute Gasteiger partial charge is 0.268 e. The van der Waals surface area contributed by atoms with Crippen molar-refractivity contribution >= 4 is 13.7 Å². The van der Waals surface area contributed by atoms with Crippen LogP contribution < -0.4 is 10.2 Å². The summed E-state index contributed by atoms with van der Waals surface area (Å²) >= 11 is 0. The van der Waals surface area contributed by atoms with E-state index < -0.39 is 26.6 Å². The first-order chi connectivity index (χ1) is 33.0. The van der Waals surface area contributed by atoms with Gasteiger partial charge in [0.05, 0.1) is 39.9 Å². The van der Waals surface area contributed by atoms with E-state index in [-0.39, 0.29) is 12.5 Å². The second-order valence-electron chi connectivity index (χ2n) is 20.6. The van der Waals surface area contributed by atoms with Gasteiger partial charge < -0.3 is 28.8 Å². The Balaban J connectivity index is 4.18. The van der Waals surface area contributed by atoms with Gasteiger partial charge in [0.15, 0.2) is 0 Å². The highest BCUT2D eigenvalue weighted by atomic mass is 31.2. The lowest BCUT2D eigenvalue weighted by Gasteiger charge is -2.29. The van der Waals surface area contributed by atoms with Crippen LogP contribution in [0.3, 0.4) is 0 Å². The Hall–Kier alpha value is -1.80. The average Bonchev–Trinajstić information content (AvgIpc) is 3.30. The molecule has 68 heavy (non-hydrogen) atoms. The minimum absolute atomic E-state index is 0.00969. The van der Waals surface area contributed by atoms with E-state index >= 15 is 0 Å². The van der Waals surface area contributed by atoms with Gasteiger partial charge in [0.1, 0.15) is 13.2 Å². The zero-order valence-corrected chi connectivity index (χ0v) is 46.2. The maximum absolute atomic E-state index is 13.0. The average molecular weight is 976 g/mol. The van der Waals surface area contributed by atoms with E-state index in [0.717, 1.165) is 51.4 Å². The number of phosphoric ester groups is 1. The molecule has 0 bridgehead atoms. The predicted molar refractivity (Wildman–Crippen MR) is 293 cm³/mol. The van der Waals surface area contributed by atoms with Gasteiger partial charge in [-0.3, -0.25) is 9.36 Å². The van der Waals surface area contributed by atoms with Crippen molar-refractivity contribution in [3.63, 3.8) is 0 Å². The molecule has 0 aliphatic rings. The van der Waals surface area contributed by atoms with E-state index in [9.17, 15) is 19.4 Å². The number of likely N-dealkylation sites (N-methyl/N-ethyl adjacent to an activating group) is 1. The van der Waals surface area contributed by atoms with Gasteiger partial charge >= 0.3 is 0 Å². The molecule has 0 rings (SSSR count). The number of rotatable bonds is 52. The van der Waals surface area contributed by atoms with Crippen LogP contribution in [0.4, 0.5) is 0 Å². The quantitative estimate of drug-likeness (QED) is 0.0272. The summed E-state index contributed by atoms with van der Waals surface area (Å²) in [6.07, 6.45) is 67.3. The van der Waals surface area contributed by atoms with Crippen LogP contribution >= 0.6 is 7.82 Å². The predicted octanol–water partition coefficient (Wildman–Crippen LogP) is 16.7. The summed E-state index contributed by atoms with van der Waals surface area (Å²) in [6.45, 7) is 4.62. The molecule has 0 aromatic heterocycles. The molecule has 3 atom stereocenters. The van der Waals surface area contributed by atoms with Gasteiger partial charge in [0, 0.05) is 6.42 Å². The summed E-state index contributed by atoms with van der Waals surface area (Å²) in [6, 6.07) is -0.911. The largest absolute Gasteiger partial charge is 0.756 e. The van der Waals surface area contributed by atoms with Crippen molar-refractivity contribution in [2.45, 2.75) is 270 Å². The Morgan fingerprint density at radius 1 is 0.515 bits per heavy atom. The molecule has 0 saturated carbocycles. The van der Waals surface area contributed by atoms with E-state index in [4.69, 9.17) is 9.05 Å². The molecule has 0 radical (unpaired) electrons. The number of nitrogens with zero attached hydrogens (tertiary/aromatic N) is 1. The Labute approximate surface area is 422 Å². The van der Waals surface area contributed by atoms with Gasteiger partial charge in [-0.2, -0.15) is 0 Å². The summed E-state index contributed by atoms with van der Waals surface area (Å²) in [4.78, 5) is 25.5. The Bertz CT molecular complexity index is 1290. The molecule has 0 aliphatic carbocycles. The summed E-state index contributed by atoms with van der Waals surface area (Å²) in [5, 5.41) is 13.8. The van der Waals surface area contributed by atoms with E-state index in [1.54, 1.807) is 6.08 Å². The molecule has 0 heterocycles. The first-order valence-electron chi connectivity index (χ1n) is 28.7. The first-order valence-corrected chi connectivity index (χ1v) is 30.1. The van der Waals surface area contributed by atoms with E-state index in [0.29, 0.717) is 17.4 Å². The van der Waals surface area contributed by atoms with Crippen molar-refractivity contribution in [2.75, 3.05) is 40.9 Å². The van der Waals surface area contributed by atoms with Crippen molar-refractivity contribution < 1.29 is 32.9 Å². The standard InChI is InChI=1S/C59H111N2O6P/c1-6-8-10-12-14-16-18-20-22-24-25-26-27-28-29-30-31-32-33-34-35-37-39-41-43-45-47-49-51-53-59(63)60-57(56-67-68(64,65)66-55-54-61(3,4)5)58(62)52-50-48-46-44-42-40-38-36-23-21-19-17-15-13-11-9-7-2/h18,20,23-25,36,42,44,50,52,57-58,62H,6-17,19,21-22,26-35,37-41,43,45-49,51,53-56H2,1-5H3,(H-,60,63,64,65)/b20-18-,25-24-,36-23+,44-42+,52-50+. The topological polar surface area (TPSA) is 108 Å². The number of carbonyl (C=O) groups excluding carboxylic acids is 1. The molecule has 0 spiro atoms. The second kappa shape index (κ2) is 50.2. The Morgan fingerprint density at radius 2 is 0.868 bits per heavy atom. The maximum Gasteiger partial charge on any atom is 0.268 e. The first kappa shape index (κ1) is 66.2. The number of hydrogen-bond acceptors (Lipinski definition) is 6. The van der Waals surface area contributed by atoms with Crippen LogP contribution in [0.1, 0.15) is 258 Å². The van der Waals surface area contributed by atoms with E-state index in [1.165, 1.54) is 186 Å². The molecule has 3 unspecified atom stereocenters. The van der Waals surface area contributed by atoms with Gasteiger partial charge in [-0.25, -0.2) is 0 Å². The molecule has 0 aromatic rings. The Kier molecular flexibility index (Phi) is 48.8. The van der Waals surface area contributed by atoms with Crippen LogP contribution in [-0.4, -0.2) is 68.5 Å². The third-order valence-corrected chi connectivity index (χ3v) is 13.6. The maximum atomic E-state index is 13.0. The second-order valence-corrected chi connectivity index (χ2v) is 22.0. The minimum atomic E-state index is -4.61. The number of hydrogen-bond donors (Lipinski definition) is 2. The lowest BCUT2D eigenvalue weighted by atomic mass is 10.0. The van der Waals surface area contributed by atoms with Crippen LogP contribution in [0, 0.1) is 0 Å². The van der Waals surface area contributed by atoms with Crippen LogP contribution in [0.25, 0.3) is 0 Å². The van der Waals surface area contributed by atoms with Crippen molar-refractivity contribution in [3.05, 3.63) is 60.8 Å². The van der Waals surface area contributed by atoms with Gasteiger partial charge in [-0.15, -0.1) is 0 Å². The van der Waals surface area contributed by atoms with Crippen molar-refractivity contribution in [3.8, 4) is 0 Å². The molecule has 8 nitrogen and oxygen atoms in total. The molecule has 0 saturated heterocycles. The fourth-order valence-corrected chi connectivity index (χ4v) is 8.88. The number of amides is 1. The molecule has 0 fully saturated rings. The van der Waals surface area contributed by atoms with E-state index in [2.05, 4.69) is 67.8 Å². The lowest BCUT2D eigenvalue weighted by molar-refractivity contribution is -0.870. The molecule has 398 valence electrons. The Morgan fingerprint density at radius 3 is 1.28 bits per heavy atom. The zero-order valence-electron chi connectivity index (χ0n) is 45.3. The van der Waals surface area contributed by atoms with Gasteiger partial charge in [0.25, 0.3) is 7.82 Å². The number of nitrogens with one attached hydrogen (secondary N) is 1. The molecular weight excluding hydrogens is 864 g/mol. The minimum Gasteiger partial charge on any atom is -0.756 e. The van der Waals surface area contributed by atoms with Crippen LogP contribution in [0.2, 0.25) is 0 Å². The molecule has 0 aliphatic heterocycles.